The van der Waals surface area contributed by atoms with E-state index in [4.69, 9.17) is 0 Å². The zero-order valence-corrected chi connectivity index (χ0v) is 14.0. The fourth-order valence-corrected chi connectivity index (χ4v) is 2.99. The standard InChI is InChI=1S/C16H16F4N4O2/c1-9-7-23(14(25)15(2,26)16(18,19)20)8-10-5-22-24(13(9)10)12-4-3-11(17)6-21-12/h3-6,9,26H,7-8H2,1-2H3/t9-,15?/m1/s1. The molecule has 0 bridgehead atoms. The summed E-state index contributed by atoms with van der Waals surface area (Å²) < 4.78 is 53.3. The Balaban J connectivity index is 1.91. The van der Waals surface area contributed by atoms with E-state index in [1.807, 2.05) is 0 Å². The van der Waals surface area contributed by atoms with Gasteiger partial charge in [-0.15, -0.1) is 0 Å². The lowest BCUT2D eigenvalue weighted by Crippen LogP contribution is -2.57. The van der Waals surface area contributed by atoms with Crippen molar-refractivity contribution < 1.29 is 27.5 Å². The van der Waals surface area contributed by atoms with Crippen molar-refractivity contribution in [3.05, 3.63) is 41.6 Å². The number of pyridine rings is 1. The summed E-state index contributed by atoms with van der Waals surface area (Å²) in [5, 5.41) is 13.8. The number of hydrogen-bond donors (Lipinski definition) is 1. The van der Waals surface area contributed by atoms with Crippen LogP contribution in [-0.2, 0) is 11.3 Å². The number of amides is 1. The molecule has 0 aliphatic carbocycles. The molecular formula is C16H16F4N4O2. The van der Waals surface area contributed by atoms with Crippen LogP contribution in [0, 0.1) is 5.82 Å². The van der Waals surface area contributed by atoms with Crippen molar-refractivity contribution in [3.63, 3.8) is 0 Å². The summed E-state index contributed by atoms with van der Waals surface area (Å²) >= 11 is 0. The molecule has 1 N–H and O–H groups in total. The lowest BCUT2D eigenvalue weighted by atomic mass is 9.95. The quantitative estimate of drug-likeness (QED) is 0.821. The molecule has 0 radical (unpaired) electrons. The van der Waals surface area contributed by atoms with Crippen LogP contribution in [0.3, 0.4) is 0 Å². The van der Waals surface area contributed by atoms with Crippen LogP contribution in [0.1, 0.15) is 31.0 Å². The Morgan fingerprint density at radius 1 is 1.31 bits per heavy atom. The first-order valence-corrected chi connectivity index (χ1v) is 7.79. The van der Waals surface area contributed by atoms with E-state index in [0.717, 1.165) is 11.1 Å². The Morgan fingerprint density at radius 2 is 2.00 bits per heavy atom. The maximum Gasteiger partial charge on any atom is 0.426 e. The molecule has 1 aliphatic rings. The smallest absolute Gasteiger partial charge is 0.373 e. The second kappa shape index (κ2) is 6.04. The van der Waals surface area contributed by atoms with Crippen LogP contribution >= 0.6 is 0 Å². The Bertz CT molecular complexity index is 830. The SMILES string of the molecule is C[C@@H]1CN(C(=O)C(C)(O)C(F)(F)F)Cc2cnn(-c3ccc(F)cn3)c21. The molecule has 0 spiro atoms. The van der Waals surface area contributed by atoms with Crippen LogP contribution in [0.25, 0.3) is 5.82 Å². The first-order valence-electron chi connectivity index (χ1n) is 7.79. The Morgan fingerprint density at radius 3 is 2.58 bits per heavy atom. The number of carbonyl (C=O) groups excluding carboxylic acids is 1. The average molecular weight is 372 g/mol. The summed E-state index contributed by atoms with van der Waals surface area (Å²) in [7, 11) is 0. The Kier molecular flexibility index (Phi) is 4.26. The highest BCUT2D eigenvalue weighted by Gasteiger charge is 2.57. The molecule has 0 fully saturated rings. The number of rotatable bonds is 2. The van der Waals surface area contributed by atoms with Crippen LogP contribution in [0.15, 0.2) is 24.5 Å². The molecule has 10 heteroatoms. The van der Waals surface area contributed by atoms with Crippen molar-refractivity contribution in [2.45, 2.75) is 38.1 Å². The summed E-state index contributed by atoms with van der Waals surface area (Å²) in [6, 6.07) is 2.65. The van der Waals surface area contributed by atoms with Crippen molar-refractivity contribution in [1.82, 2.24) is 19.7 Å². The van der Waals surface area contributed by atoms with Gasteiger partial charge in [-0.05, 0) is 19.1 Å². The monoisotopic (exact) mass is 372 g/mol. The molecular weight excluding hydrogens is 356 g/mol. The minimum Gasteiger partial charge on any atom is -0.373 e. The summed E-state index contributed by atoms with van der Waals surface area (Å²) in [6.07, 6.45) is -2.61. The first kappa shape index (κ1) is 18.3. The number of carbonyl (C=O) groups is 1. The van der Waals surface area contributed by atoms with Gasteiger partial charge in [0, 0.05) is 24.6 Å². The number of alkyl halides is 3. The molecule has 26 heavy (non-hydrogen) atoms. The van der Waals surface area contributed by atoms with Crippen LogP contribution < -0.4 is 0 Å². The molecule has 140 valence electrons. The molecule has 3 heterocycles. The summed E-state index contributed by atoms with van der Waals surface area (Å²) in [5.74, 6) is -1.91. The Labute approximate surface area is 146 Å². The van der Waals surface area contributed by atoms with Crippen LogP contribution in [-0.4, -0.2) is 49.0 Å². The maximum absolute atomic E-state index is 13.0. The fraction of sp³-hybridized carbons (Fsp3) is 0.438. The summed E-state index contributed by atoms with van der Waals surface area (Å²) in [5.41, 5.74) is -2.24. The van der Waals surface area contributed by atoms with Crippen LogP contribution in [0.5, 0.6) is 0 Å². The highest BCUT2D eigenvalue weighted by atomic mass is 19.4. The van der Waals surface area contributed by atoms with E-state index in [0.29, 0.717) is 24.0 Å². The fourth-order valence-electron chi connectivity index (χ4n) is 2.99. The molecule has 1 aliphatic heterocycles. The number of fused-ring (bicyclic) bond motifs is 1. The van der Waals surface area contributed by atoms with Gasteiger partial charge in [0.15, 0.2) is 5.82 Å². The number of aromatic nitrogens is 3. The number of halogens is 4. The van der Waals surface area contributed by atoms with Gasteiger partial charge in [0.1, 0.15) is 5.82 Å². The third-order valence-corrected chi connectivity index (χ3v) is 4.39. The van der Waals surface area contributed by atoms with Gasteiger partial charge in [-0.25, -0.2) is 14.1 Å². The van der Waals surface area contributed by atoms with Crippen molar-refractivity contribution in [2.75, 3.05) is 6.54 Å². The molecule has 0 saturated carbocycles. The molecule has 3 rings (SSSR count). The molecule has 2 atom stereocenters. The van der Waals surface area contributed by atoms with E-state index < -0.39 is 23.5 Å². The van der Waals surface area contributed by atoms with E-state index >= 15 is 0 Å². The second-order valence-electron chi connectivity index (χ2n) is 6.46. The zero-order valence-electron chi connectivity index (χ0n) is 14.0. The largest absolute Gasteiger partial charge is 0.426 e. The molecule has 1 unspecified atom stereocenters. The van der Waals surface area contributed by atoms with Gasteiger partial charge in [-0.3, -0.25) is 4.79 Å². The predicted octanol–water partition coefficient (Wildman–Crippen LogP) is 2.17. The lowest BCUT2D eigenvalue weighted by Gasteiger charge is -2.36. The first-order chi connectivity index (χ1) is 12.0. The average Bonchev–Trinajstić information content (AvgIpc) is 2.98. The topological polar surface area (TPSA) is 71.2 Å². The molecule has 2 aromatic heterocycles. The van der Waals surface area contributed by atoms with Crippen LogP contribution in [0.4, 0.5) is 17.6 Å². The number of aliphatic hydroxyl groups is 1. The molecule has 0 aromatic carbocycles. The highest BCUT2D eigenvalue weighted by molar-refractivity contribution is 5.85. The number of hydrogen-bond acceptors (Lipinski definition) is 4. The van der Waals surface area contributed by atoms with E-state index in [-0.39, 0.29) is 19.0 Å². The third-order valence-electron chi connectivity index (χ3n) is 4.39. The normalized spacial score (nSPS) is 19.8. The van der Waals surface area contributed by atoms with E-state index in [9.17, 15) is 27.5 Å². The second-order valence-corrected chi connectivity index (χ2v) is 6.46. The van der Waals surface area contributed by atoms with Gasteiger partial charge >= 0.3 is 6.18 Å². The van der Waals surface area contributed by atoms with E-state index in [2.05, 4.69) is 10.1 Å². The molecule has 2 aromatic rings. The summed E-state index contributed by atoms with van der Waals surface area (Å²) in [4.78, 5) is 17.1. The van der Waals surface area contributed by atoms with Crippen molar-refractivity contribution in [1.29, 1.82) is 0 Å². The minimum absolute atomic E-state index is 0.0229. The highest BCUT2D eigenvalue weighted by Crippen LogP contribution is 2.35. The van der Waals surface area contributed by atoms with Gasteiger partial charge in [-0.1, -0.05) is 6.92 Å². The van der Waals surface area contributed by atoms with E-state index in [1.165, 1.54) is 23.0 Å². The lowest BCUT2D eigenvalue weighted by molar-refractivity contribution is -0.250. The van der Waals surface area contributed by atoms with Crippen molar-refractivity contribution in [3.8, 4) is 5.82 Å². The van der Waals surface area contributed by atoms with E-state index in [1.54, 1.807) is 6.92 Å². The summed E-state index contributed by atoms with van der Waals surface area (Å²) in [6.45, 7) is 2.03. The zero-order chi connectivity index (χ0) is 19.3. The van der Waals surface area contributed by atoms with Gasteiger partial charge in [0.05, 0.1) is 18.1 Å². The molecule has 1 amide bonds. The minimum atomic E-state index is -5.07. The van der Waals surface area contributed by atoms with Gasteiger partial charge in [0.2, 0.25) is 5.60 Å². The predicted molar refractivity (Wildman–Crippen MR) is 81.8 cm³/mol. The van der Waals surface area contributed by atoms with Gasteiger partial charge in [0.25, 0.3) is 5.91 Å². The maximum atomic E-state index is 13.0. The van der Waals surface area contributed by atoms with Gasteiger partial charge in [-0.2, -0.15) is 18.3 Å². The van der Waals surface area contributed by atoms with Crippen molar-refractivity contribution >= 4 is 5.91 Å². The third kappa shape index (κ3) is 2.94. The molecule has 6 nitrogen and oxygen atoms in total. The van der Waals surface area contributed by atoms with Crippen LogP contribution in [0.2, 0.25) is 0 Å². The number of nitrogens with zero attached hydrogens (tertiary/aromatic N) is 4. The Hall–Kier alpha value is -2.49. The van der Waals surface area contributed by atoms with Crippen molar-refractivity contribution in [2.24, 2.45) is 0 Å². The molecule has 0 saturated heterocycles. The van der Waals surface area contributed by atoms with Gasteiger partial charge < -0.3 is 10.0 Å².